The van der Waals surface area contributed by atoms with Crippen molar-refractivity contribution in [1.82, 2.24) is 5.32 Å². The lowest BCUT2D eigenvalue weighted by Gasteiger charge is -2.21. The van der Waals surface area contributed by atoms with Crippen LogP contribution in [0.1, 0.15) is 39.5 Å². The molecule has 0 heterocycles. The third-order valence-corrected chi connectivity index (χ3v) is 2.28. The Morgan fingerprint density at radius 2 is 1.92 bits per heavy atom. The summed E-state index contributed by atoms with van der Waals surface area (Å²) in [4.78, 5) is 11.4. The second kappa shape index (κ2) is 3.44. The lowest BCUT2D eigenvalue weighted by Crippen LogP contribution is -2.51. The quantitative estimate of drug-likeness (QED) is 0.643. The predicted octanol–water partition coefficient (Wildman–Crippen LogP) is 0.782. The van der Waals surface area contributed by atoms with E-state index in [0.717, 1.165) is 12.8 Å². The molecule has 0 radical (unpaired) electrons. The minimum absolute atomic E-state index is 0.0330. The molecule has 0 aromatic rings. The maximum absolute atomic E-state index is 11.4. The van der Waals surface area contributed by atoms with Gasteiger partial charge in [0.1, 0.15) is 0 Å². The van der Waals surface area contributed by atoms with Gasteiger partial charge in [-0.2, -0.15) is 0 Å². The largest absolute Gasteiger partial charge is 0.352 e. The molecular formula is C9H18N2O. The minimum Gasteiger partial charge on any atom is -0.352 e. The van der Waals surface area contributed by atoms with Crippen molar-refractivity contribution in [1.29, 1.82) is 0 Å². The average molecular weight is 170 g/mol. The molecule has 0 spiro atoms. The first-order valence-corrected chi connectivity index (χ1v) is 4.60. The number of nitrogens with two attached hydrogens (primary N) is 1. The van der Waals surface area contributed by atoms with Gasteiger partial charge in [0.2, 0.25) is 5.91 Å². The number of rotatable bonds is 2. The first-order chi connectivity index (χ1) is 5.50. The van der Waals surface area contributed by atoms with E-state index in [2.05, 4.69) is 5.32 Å². The normalized spacial score (nSPS) is 19.6. The molecule has 0 saturated heterocycles. The molecule has 1 amide bonds. The van der Waals surface area contributed by atoms with Gasteiger partial charge in [-0.1, -0.05) is 12.8 Å². The lowest BCUT2D eigenvalue weighted by atomic mass is 10.1. The van der Waals surface area contributed by atoms with Gasteiger partial charge in [-0.3, -0.25) is 4.79 Å². The van der Waals surface area contributed by atoms with Gasteiger partial charge in [0.25, 0.3) is 0 Å². The Hall–Kier alpha value is -0.570. The zero-order valence-electron chi connectivity index (χ0n) is 7.89. The number of hydrogen-bond donors (Lipinski definition) is 2. The molecule has 3 N–H and O–H groups in total. The number of amides is 1. The molecule has 0 aromatic carbocycles. The van der Waals surface area contributed by atoms with E-state index in [1.807, 2.05) is 0 Å². The van der Waals surface area contributed by atoms with Gasteiger partial charge in [0.15, 0.2) is 0 Å². The molecule has 0 aliphatic heterocycles. The van der Waals surface area contributed by atoms with E-state index in [1.165, 1.54) is 12.8 Å². The van der Waals surface area contributed by atoms with E-state index in [1.54, 1.807) is 13.8 Å². The molecule has 3 nitrogen and oxygen atoms in total. The molecule has 70 valence electrons. The molecule has 0 atom stereocenters. The van der Waals surface area contributed by atoms with Crippen molar-refractivity contribution in [3.8, 4) is 0 Å². The second-order valence-electron chi connectivity index (χ2n) is 4.18. The van der Waals surface area contributed by atoms with Crippen molar-refractivity contribution in [3.63, 3.8) is 0 Å². The van der Waals surface area contributed by atoms with Crippen LogP contribution >= 0.6 is 0 Å². The maximum Gasteiger partial charge on any atom is 0.239 e. The highest BCUT2D eigenvalue weighted by molar-refractivity contribution is 5.85. The molecule has 1 fully saturated rings. The Balaban J connectivity index is 2.35. The SMILES string of the molecule is CC(C)(N)C(=O)NC1CCCC1. The van der Waals surface area contributed by atoms with E-state index in [9.17, 15) is 4.79 Å². The summed E-state index contributed by atoms with van der Waals surface area (Å²) in [5.74, 6) is -0.0330. The van der Waals surface area contributed by atoms with E-state index in [4.69, 9.17) is 5.73 Å². The molecule has 1 aliphatic carbocycles. The van der Waals surface area contributed by atoms with Gasteiger partial charge in [0.05, 0.1) is 5.54 Å². The summed E-state index contributed by atoms with van der Waals surface area (Å²) in [6, 6.07) is 0.375. The van der Waals surface area contributed by atoms with E-state index in [-0.39, 0.29) is 5.91 Å². The van der Waals surface area contributed by atoms with Gasteiger partial charge in [-0.05, 0) is 26.7 Å². The van der Waals surface area contributed by atoms with E-state index >= 15 is 0 Å². The van der Waals surface area contributed by atoms with Crippen molar-refractivity contribution in [2.45, 2.75) is 51.1 Å². The summed E-state index contributed by atoms with van der Waals surface area (Å²) in [6.45, 7) is 3.47. The fourth-order valence-corrected chi connectivity index (χ4v) is 1.44. The topological polar surface area (TPSA) is 55.1 Å². The summed E-state index contributed by atoms with van der Waals surface area (Å²) in [5, 5.41) is 2.95. The van der Waals surface area contributed by atoms with Crippen molar-refractivity contribution >= 4 is 5.91 Å². The number of nitrogens with one attached hydrogen (secondary N) is 1. The van der Waals surface area contributed by atoms with Gasteiger partial charge in [-0.15, -0.1) is 0 Å². The molecule has 12 heavy (non-hydrogen) atoms. The van der Waals surface area contributed by atoms with Crippen LogP contribution in [-0.4, -0.2) is 17.5 Å². The van der Waals surface area contributed by atoms with Gasteiger partial charge >= 0.3 is 0 Å². The highest BCUT2D eigenvalue weighted by Crippen LogP contribution is 2.18. The Kier molecular flexibility index (Phi) is 2.73. The van der Waals surface area contributed by atoms with Crippen molar-refractivity contribution in [2.24, 2.45) is 5.73 Å². The third kappa shape index (κ3) is 2.48. The highest BCUT2D eigenvalue weighted by Gasteiger charge is 2.25. The average Bonchev–Trinajstić information content (AvgIpc) is 2.37. The number of carbonyl (C=O) groups excluding carboxylic acids is 1. The van der Waals surface area contributed by atoms with Gasteiger partial charge < -0.3 is 11.1 Å². The molecule has 0 unspecified atom stereocenters. The first kappa shape index (κ1) is 9.52. The van der Waals surface area contributed by atoms with E-state index < -0.39 is 5.54 Å². The Morgan fingerprint density at radius 3 is 2.33 bits per heavy atom. The van der Waals surface area contributed by atoms with Gasteiger partial charge in [0, 0.05) is 6.04 Å². The monoisotopic (exact) mass is 170 g/mol. The molecule has 1 rings (SSSR count). The predicted molar refractivity (Wildman–Crippen MR) is 48.7 cm³/mol. The summed E-state index contributed by atoms with van der Waals surface area (Å²) in [6.07, 6.45) is 4.69. The van der Waals surface area contributed by atoms with Crippen LogP contribution in [0.2, 0.25) is 0 Å². The fraction of sp³-hybridized carbons (Fsp3) is 0.889. The zero-order valence-corrected chi connectivity index (χ0v) is 7.89. The zero-order chi connectivity index (χ0) is 9.19. The smallest absolute Gasteiger partial charge is 0.239 e. The van der Waals surface area contributed by atoms with Gasteiger partial charge in [-0.25, -0.2) is 0 Å². The van der Waals surface area contributed by atoms with E-state index in [0.29, 0.717) is 6.04 Å². The Bertz CT molecular complexity index is 166. The van der Waals surface area contributed by atoms with Crippen LogP contribution in [0.4, 0.5) is 0 Å². The number of carbonyl (C=O) groups is 1. The maximum atomic E-state index is 11.4. The minimum atomic E-state index is -0.734. The fourth-order valence-electron chi connectivity index (χ4n) is 1.44. The highest BCUT2D eigenvalue weighted by atomic mass is 16.2. The number of hydrogen-bond acceptors (Lipinski definition) is 2. The summed E-state index contributed by atoms with van der Waals surface area (Å²) in [5.41, 5.74) is 4.91. The first-order valence-electron chi connectivity index (χ1n) is 4.60. The van der Waals surface area contributed by atoms with Crippen LogP contribution in [-0.2, 0) is 4.79 Å². The molecule has 3 heteroatoms. The molecule has 1 saturated carbocycles. The Morgan fingerprint density at radius 1 is 1.42 bits per heavy atom. The van der Waals surface area contributed by atoms with Crippen LogP contribution in [0.25, 0.3) is 0 Å². The van der Waals surface area contributed by atoms with Crippen LogP contribution in [0, 0.1) is 0 Å². The molecule has 0 aromatic heterocycles. The summed E-state index contributed by atoms with van der Waals surface area (Å²) < 4.78 is 0. The van der Waals surface area contributed by atoms with Crippen LogP contribution in [0.5, 0.6) is 0 Å². The third-order valence-electron chi connectivity index (χ3n) is 2.28. The van der Waals surface area contributed by atoms with Crippen molar-refractivity contribution < 1.29 is 4.79 Å². The van der Waals surface area contributed by atoms with Crippen LogP contribution < -0.4 is 11.1 Å². The van der Waals surface area contributed by atoms with Crippen LogP contribution in [0.15, 0.2) is 0 Å². The second-order valence-corrected chi connectivity index (χ2v) is 4.18. The Labute approximate surface area is 73.7 Å². The summed E-state index contributed by atoms with van der Waals surface area (Å²) >= 11 is 0. The van der Waals surface area contributed by atoms with Crippen molar-refractivity contribution in [2.75, 3.05) is 0 Å². The molecule has 1 aliphatic rings. The van der Waals surface area contributed by atoms with Crippen LogP contribution in [0.3, 0.4) is 0 Å². The summed E-state index contributed by atoms with van der Waals surface area (Å²) in [7, 11) is 0. The standard InChI is InChI=1S/C9H18N2O/c1-9(2,10)8(12)11-7-5-3-4-6-7/h7H,3-6,10H2,1-2H3,(H,11,12). The van der Waals surface area contributed by atoms with Crippen molar-refractivity contribution in [3.05, 3.63) is 0 Å². The molecular weight excluding hydrogens is 152 g/mol. The molecule has 0 bridgehead atoms. The lowest BCUT2D eigenvalue weighted by molar-refractivity contribution is -0.125.